The Balaban J connectivity index is 2.72. The summed E-state index contributed by atoms with van der Waals surface area (Å²) < 4.78 is 2.01. The average Bonchev–Trinajstić information content (AvgIpc) is 1.91. The third kappa shape index (κ3) is 2.42. The summed E-state index contributed by atoms with van der Waals surface area (Å²) >= 11 is 4.20. The van der Waals surface area contributed by atoms with Crippen LogP contribution in [0.15, 0.2) is 35.2 Å². The zero-order chi connectivity index (χ0) is 6.53. The van der Waals surface area contributed by atoms with E-state index < -0.39 is 0 Å². The van der Waals surface area contributed by atoms with Crippen molar-refractivity contribution in [2.75, 3.05) is 0 Å². The molecule has 0 heterocycles. The van der Waals surface area contributed by atoms with Crippen LogP contribution in [0.25, 0.3) is 0 Å². The van der Waals surface area contributed by atoms with Gasteiger partial charge < -0.3 is 0 Å². The molecule has 0 fully saturated rings. The van der Waals surface area contributed by atoms with E-state index in [1.54, 1.807) is 11.8 Å². The molecule has 0 aliphatic rings. The Labute approximate surface area is 68.9 Å². The zero-order valence-electron chi connectivity index (χ0n) is 4.73. The molecule has 0 atom stereocenters. The minimum absolute atomic E-state index is 1.29. The molecular weight excluding hydrogens is 217 g/mol. The topological polar surface area (TPSA) is 0 Å². The summed E-state index contributed by atoms with van der Waals surface area (Å²) in [6.45, 7) is 0. The van der Waals surface area contributed by atoms with Crippen LogP contribution in [0, 0.1) is 0 Å². The molecule has 0 aliphatic heterocycles. The van der Waals surface area contributed by atoms with Crippen LogP contribution >= 0.6 is 11.8 Å². The maximum atomic E-state index is 2.48. The molecule has 0 radical (unpaired) electrons. The zero-order valence-corrected chi connectivity index (χ0v) is 7.28. The van der Waals surface area contributed by atoms with Gasteiger partial charge in [0.25, 0.3) is 0 Å². The van der Waals surface area contributed by atoms with Crippen molar-refractivity contribution in [3.05, 3.63) is 30.3 Å². The van der Waals surface area contributed by atoms with E-state index in [0.717, 1.165) is 0 Å². The Morgan fingerprint density at radius 2 is 1.89 bits per heavy atom. The van der Waals surface area contributed by atoms with E-state index in [2.05, 4.69) is 30.0 Å². The second-order valence-electron chi connectivity index (χ2n) is 1.51. The molecule has 9 heavy (non-hydrogen) atoms. The van der Waals surface area contributed by atoms with Gasteiger partial charge >= 0.3 is 68.8 Å². The van der Waals surface area contributed by atoms with E-state index in [9.17, 15) is 0 Å². The summed E-state index contributed by atoms with van der Waals surface area (Å²) in [5.74, 6) is 0. The molecule has 1 aromatic carbocycles. The molecule has 0 saturated carbocycles. The molecule has 0 N–H and O–H groups in total. The summed E-state index contributed by atoms with van der Waals surface area (Å²) in [7, 11) is 0. The van der Waals surface area contributed by atoms with Gasteiger partial charge in [0.2, 0.25) is 0 Å². The Morgan fingerprint density at radius 1 is 1.22 bits per heavy atom. The fourth-order valence-corrected chi connectivity index (χ4v) is 1.67. The molecule has 0 amide bonds. The van der Waals surface area contributed by atoms with Crippen LogP contribution in [0.1, 0.15) is 0 Å². The first-order valence-corrected chi connectivity index (χ1v) is 4.44. The molecule has 0 nitrogen and oxygen atoms in total. The van der Waals surface area contributed by atoms with Gasteiger partial charge in [-0.1, -0.05) is 0 Å². The molecule has 0 aliphatic carbocycles. The van der Waals surface area contributed by atoms with Crippen molar-refractivity contribution in [2.45, 2.75) is 4.90 Å². The van der Waals surface area contributed by atoms with Gasteiger partial charge in [-0.05, 0) is 0 Å². The van der Waals surface area contributed by atoms with Crippen molar-refractivity contribution in [1.82, 2.24) is 0 Å². The number of hydrogen-bond donors (Lipinski definition) is 0. The Kier molecular flexibility index (Phi) is 3.17. The third-order valence-corrected chi connectivity index (χ3v) is 2.16. The van der Waals surface area contributed by atoms with Crippen molar-refractivity contribution >= 4 is 15.7 Å². The van der Waals surface area contributed by atoms with Gasteiger partial charge in [0, 0.05) is 0 Å². The minimum atomic E-state index is 1.29. The first-order chi connectivity index (χ1) is 4.43. The Hall–Kier alpha value is 0.0634. The van der Waals surface area contributed by atoms with Crippen molar-refractivity contribution in [2.24, 2.45) is 0 Å². The summed E-state index contributed by atoms with van der Waals surface area (Å²) in [5, 5.41) is 0. The SMILES string of the molecule is [Ru+]=[CH]Sc1ccccc1. The summed E-state index contributed by atoms with van der Waals surface area (Å²) in [6, 6.07) is 10.3. The van der Waals surface area contributed by atoms with Gasteiger partial charge in [0.15, 0.2) is 0 Å². The second-order valence-corrected chi connectivity index (χ2v) is 3.62. The number of hydrogen-bond acceptors (Lipinski definition) is 1. The number of thioether (sulfide) groups is 1. The van der Waals surface area contributed by atoms with Crippen LogP contribution < -0.4 is 0 Å². The summed E-state index contributed by atoms with van der Waals surface area (Å²) in [6.07, 6.45) is 0. The van der Waals surface area contributed by atoms with E-state index in [4.69, 9.17) is 0 Å². The second kappa shape index (κ2) is 3.97. The van der Waals surface area contributed by atoms with E-state index in [-0.39, 0.29) is 0 Å². The predicted octanol–water partition coefficient (Wildman–Crippen LogP) is 2.09. The average molecular weight is 223 g/mol. The van der Waals surface area contributed by atoms with Gasteiger partial charge in [-0.2, -0.15) is 0 Å². The van der Waals surface area contributed by atoms with Crippen LogP contribution in [0.4, 0.5) is 0 Å². The van der Waals surface area contributed by atoms with Crippen LogP contribution in [-0.2, 0) is 17.9 Å². The molecule has 2 heteroatoms. The van der Waals surface area contributed by atoms with E-state index in [0.29, 0.717) is 0 Å². The molecule has 0 spiro atoms. The molecule has 1 rings (SSSR count). The molecule has 0 unspecified atom stereocenters. The van der Waals surface area contributed by atoms with Gasteiger partial charge in [-0.25, -0.2) is 0 Å². The van der Waals surface area contributed by atoms with E-state index in [1.165, 1.54) is 4.90 Å². The van der Waals surface area contributed by atoms with Crippen LogP contribution in [0.5, 0.6) is 0 Å². The third-order valence-electron chi connectivity index (χ3n) is 0.921. The standard InChI is InChI=1S/C7H6S.Ru/c1-8-7-5-3-2-4-6-7;/h1-6H;/q;+1. The van der Waals surface area contributed by atoms with Crippen LogP contribution in [0.3, 0.4) is 0 Å². The maximum absolute atomic E-state index is 2.48. The first-order valence-electron chi connectivity index (χ1n) is 2.55. The molecule has 0 saturated heterocycles. The fourth-order valence-electron chi connectivity index (χ4n) is 0.547. The summed E-state index contributed by atoms with van der Waals surface area (Å²) in [4.78, 5) is 1.29. The Bertz CT molecular complexity index is 183. The summed E-state index contributed by atoms with van der Waals surface area (Å²) in [5.41, 5.74) is 0. The monoisotopic (exact) mass is 224 g/mol. The molecule has 47 valence electrons. The van der Waals surface area contributed by atoms with Crippen molar-refractivity contribution in [3.63, 3.8) is 0 Å². The van der Waals surface area contributed by atoms with Gasteiger partial charge in [-0.3, -0.25) is 0 Å². The van der Waals surface area contributed by atoms with Crippen LogP contribution in [-0.4, -0.2) is 3.94 Å². The first kappa shape index (κ1) is 7.17. The normalized spacial score (nSPS) is 8.89. The fraction of sp³-hybridized carbons (Fsp3) is 0. The van der Waals surface area contributed by atoms with Crippen molar-refractivity contribution in [3.8, 4) is 0 Å². The van der Waals surface area contributed by atoms with Gasteiger partial charge in [-0.15, -0.1) is 0 Å². The van der Waals surface area contributed by atoms with Gasteiger partial charge in [0.05, 0.1) is 0 Å². The van der Waals surface area contributed by atoms with Crippen molar-refractivity contribution in [1.29, 1.82) is 0 Å². The van der Waals surface area contributed by atoms with Gasteiger partial charge in [0.1, 0.15) is 0 Å². The molecular formula is C7H6RuS+. The van der Waals surface area contributed by atoms with Crippen LogP contribution in [0.2, 0.25) is 0 Å². The van der Waals surface area contributed by atoms with E-state index >= 15 is 0 Å². The Morgan fingerprint density at radius 3 is 2.44 bits per heavy atom. The predicted molar refractivity (Wildman–Crippen MR) is 38.4 cm³/mol. The number of benzene rings is 1. The van der Waals surface area contributed by atoms with Crippen molar-refractivity contribution < 1.29 is 17.9 Å². The van der Waals surface area contributed by atoms with E-state index in [1.807, 2.05) is 22.1 Å². The molecule has 1 aromatic rings. The number of rotatable bonds is 2. The molecule has 0 bridgehead atoms. The quantitative estimate of drug-likeness (QED) is 0.546. The molecule has 0 aromatic heterocycles.